The van der Waals surface area contributed by atoms with E-state index < -0.39 is 17.1 Å². The lowest BCUT2D eigenvalue weighted by Gasteiger charge is -2.24. The van der Waals surface area contributed by atoms with Crippen molar-refractivity contribution in [3.63, 3.8) is 0 Å². The van der Waals surface area contributed by atoms with Crippen molar-refractivity contribution in [2.24, 2.45) is 0 Å². The van der Waals surface area contributed by atoms with Crippen LogP contribution in [0.3, 0.4) is 0 Å². The molecule has 0 heterocycles. The third kappa shape index (κ3) is 2.63. The minimum atomic E-state index is -3.13. The zero-order valence-electron chi connectivity index (χ0n) is 7.16. The second kappa shape index (κ2) is 4.98. The first-order valence-electron chi connectivity index (χ1n) is 3.02. The summed E-state index contributed by atoms with van der Waals surface area (Å²) in [5, 5.41) is 0. The molecule has 11 heavy (non-hydrogen) atoms. The Bertz CT molecular complexity index is 103. The van der Waals surface area contributed by atoms with E-state index in [1.54, 1.807) is 0 Å². The Labute approximate surface area is 68.8 Å². The molecule has 5 nitrogen and oxygen atoms in total. The van der Waals surface area contributed by atoms with Crippen molar-refractivity contribution in [1.82, 2.24) is 0 Å². The van der Waals surface area contributed by atoms with Gasteiger partial charge in [0.05, 0.1) is 0 Å². The van der Waals surface area contributed by atoms with Gasteiger partial charge in [-0.15, -0.1) is 0 Å². The van der Waals surface area contributed by atoms with Crippen molar-refractivity contribution in [3.8, 4) is 0 Å². The van der Waals surface area contributed by atoms with Crippen LogP contribution in [-0.4, -0.2) is 50.4 Å². The molecule has 0 aliphatic carbocycles. The number of rotatable bonds is 5. The van der Waals surface area contributed by atoms with E-state index in [2.05, 4.69) is 0 Å². The van der Waals surface area contributed by atoms with Crippen LogP contribution in [0.1, 0.15) is 0 Å². The molecule has 0 atom stereocenters. The quantitative estimate of drug-likeness (QED) is 0.563. The molecule has 0 aromatic rings. The lowest BCUT2D eigenvalue weighted by atomic mass is 11.8. The molecule has 0 aromatic heterocycles. The van der Waals surface area contributed by atoms with Gasteiger partial charge in [-0.05, 0) is 0 Å². The summed E-state index contributed by atoms with van der Waals surface area (Å²) < 4.78 is 19.5. The van der Waals surface area contributed by atoms with E-state index in [4.69, 9.17) is 17.7 Å². The van der Waals surface area contributed by atoms with Gasteiger partial charge in [-0.1, -0.05) is 0 Å². The molecule has 0 spiro atoms. The molecular weight excluding hydrogens is 184 g/mol. The fourth-order valence-electron chi connectivity index (χ4n) is 0.670. The molecule has 0 rings (SSSR count). The average Bonchev–Trinajstić information content (AvgIpc) is 2.06. The van der Waals surface area contributed by atoms with Crippen LogP contribution in [0.2, 0.25) is 0 Å². The summed E-state index contributed by atoms with van der Waals surface area (Å²) in [6, 6.07) is 0. The Morgan fingerprint density at radius 1 is 1.00 bits per heavy atom. The molecule has 0 bridgehead atoms. The first-order valence-corrected chi connectivity index (χ1v) is 7.54. The summed E-state index contributed by atoms with van der Waals surface area (Å²) in [5.74, 6) is 0. The maximum Gasteiger partial charge on any atom is 0.531 e. The molecule has 0 unspecified atom stereocenters. The molecule has 0 aliphatic rings. The van der Waals surface area contributed by atoms with Crippen LogP contribution in [0, 0.1) is 0 Å². The summed E-state index contributed by atoms with van der Waals surface area (Å²) >= 11 is 0. The predicted octanol–water partition coefficient (Wildman–Crippen LogP) is -1.20. The molecule has 0 radical (unpaired) electrons. The van der Waals surface area contributed by atoms with Gasteiger partial charge in [-0.3, -0.25) is 0 Å². The van der Waals surface area contributed by atoms with Crippen molar-refractivity contribution < 1.29 is 22.5 Å². The Morgan fingerprint density at radius 2 is 1.36 bits per heavy atom. The molecule has 7 heteroatoms. The van der Waals surface area contributed by atoms with E-state index in [1.165, 1.54) is 28.4 Å². The zero-order chi connectivity index (χ0) is 8.91. The summed E-state index contributed by atoms with van der Waals surface area (Å²) in [6.07, 6.45) is 0. The van der Waals surface area contributed by atoms with Gasteiger partial charge >= 0.3 is 17.1 Å². The largest absolute Gasteiger partial charge is 0.531 e. The molecule has 0 fully saturated rings. The predicted molar refractivity (Wildman–Crippen MR) is 43.2 cm³/mol. The SMILES string of the molecule is CO[SiH](OC)[Si](O)(OC)OC. The van der Waals surface area contributed by atoms with Gasteiger partial charge in [-0.25, -0.2) is 0 Å². The van der Waals surface area contributed by atoms with Crippen LogP contribution in [-0.2, 0) is 17.7 Å². The first-order chi connectivity index (χ1) is 5.14. The Hall–Kier alpha value is 0.234. The summed E-state index contributed by atoms with van der Waals surface area (Å²) in [5.41, 5.74) is 0. The van der Waals surface area contributed by atoms with E-state index in [0.717, 1.165) is 0 Å². The normalized spacial score (nSPS) is 12.5. The van der Waals surface area contributed by atoms with Crippen molar-refractivity contribution in [1.29, 1.82) is 0 Å². The van der Waals surface area contributed by atoms with Crippen LogP contribution in [0.4, 0.5) is 0 Å². The highest BCUT2D eigenvalue weighted by atomic mass is 29.3. The molecule has 68 valence electrons. The van der Waals surface area contributed by atoms with Crippen molar-refractivity contribution in [3.05, 3.63) is 0 Å². The maximum absolute atomic E-state index is 9.59. The van der Waals surface area contributed by atoms with Gasteiger partial charge in [0.25, 0.3) is 0 Å². The highest BCUT2D eigenvalue weighted by Gasteiger charge is 2.49. The summed E-state index contributed by atoms with van der Waals surface area (Å²) in [7, 11) is 0.398. The van der Waals surface area contributed by atoms with E-state index in [-0.39, 0.29) is 0 Å². The molecule has 0 saturated heterocycles. The first kappa shape index (κ1) is 11.2. The lowest BCUT2D eigenvalue weighted by Crippen LogP contribution is -2.58. The van der Waals surface area contributed by atoms with Gasteiger partial charge in [0, 0.05) is 28.4 Å². The topological polar surface area (TPSA) is 57.2 Å². The lowest BCUT2D eigenvalue weighted by molar-refractivity contribution is 0.149. The van der Waals surface area contributed by atoms with E-state index in [0.29, 0.717) is 0 Å². The molecule has 0 aliphatic heterocycles. The van der Waals surface area contributed by atoms with Crippen LogP contribution >= 0.6 is 0 Å². The zero-order valence-corrected chi connectivity index (χ0v) is 9.31. The van der Waals surface area contributed by atoms with E-state index in [9.17, 15) is 4.80 Å². The Morgan fingerprint density at radius 3 is 1.45 bits per heavy atom. The van der Waals surface area contributed by atoms with Gasteiger partial charge in [0.15, 0.2) is 0 Å². The van der Waals surface area contributed by atoms with E-state index >= 15 is 0 Å². The fourth-order valence-corrected chi connectivity index (χ4v) is 4.95. The minimum Gasteiger partial charge on any atom is -0.397 e. The molecule has 0 saturated carbocycles. The second-order valence-corrected chi connectivity index (χ2v) is 9.13. The smallest absolute Gasteiger partial charge is 0.397 e. The molecule has 0 aromatic carbocycles. The van der Waals surface area contributed by atoms with E-state index in [1.807, 2.05) is 0 Å². The summed E-state index contributed by atoms with van der Waals surface area (Å²) in [4.78, 5) is 9.59. The van der Waals surface area contributed by atoms with Gasteiger partial charge in [-0.2, -0.15) is 0 Å². The van der Waals surface area contributed by atoms with Gasteiger partial charge < -0.3 is 22.5 Å². The monoisotopic (exact) mass is 198 g/mol. The Kier molecular flexibility index (Phi) is 5.09. The molecule has 1 N–H and O–H groups in total. The molecular formula is C4H14O5Si2. The second-order valence-electron chi connectivity index (χ2n) is 1.84. The van der Waals surface area contributed by atoms with Crippen LogP contribution in [0.15, 0.2) is 0 Å². The highest BCUT2D eigenvalue weighted by Crippen LogP contribution is 2.06. The van der Waals surface area contributed by atoms with Crippen LogP contribution in [0.5, 0.6) is 0 Å². The Balaban J connectivity index is 4.19. The van der Waals surface area contributed by atoms with Crippen molar-refractivity contribution >= 4 is 17.1 Å². The van der Waals surface area contributed by atoms with Crippen molar-refractivity contribution in [2.45, 2.75) is 0 Å². The van der Waals surface area contributed by atoms with Crippen LogP contribution in [0.25, 0.3) is 0 Å². The van der Waals surface area contributed by atoms with Gasteiger partial charge in [0.1, 0.15) is 0 Å². The van der Waals surface area contributed by atoms with Crippen LogP contribution < -0.4 is 0 Å². The highest BCUT2D eigenvalue weighted by molar-refractivity contribution is 7.18. The number of hydrogen-bond acceptors (Lipinski definition) is 5. The third-order valence-electron chi connectivity index (χ3n) is 1.31. The van der Waals surface area contributed by atoms with Gasteiger partial charge in [0.2, 0.25) is 0 Å². The minimum absolute atomic E-state index is 1.38. The molecule has 0 amide bonds. The third-order valence-corrected chi connectivity index (χ3v) is 8.55. The maximum atomic E-state index is 9.59. The fraction of sp³-hybridized carbons (Fsp3) is 1.00. The number of hydrogen-bond donors (Lipinski definition) is 1. The summed E-state index contributed by atoms with van der Waals surface area (Å²) in [6.45, 7) is 0. The van der Waals surface area contributed by atoms with Crippen molar-refractivity contribution in [2.75, 3.05) is 28.4 Å². The standard InChI is InChI=1S/C4H14O5Si2/c1-6-10(7-2)11(5,8-3)9-4/h5,10H,1-4H3. The average molecular weight is 198 g/mol.